The Morgan fingerprint density at radius 2 is 1.91 bits per heavy atom. The molecular formula is C17H24N2O4. The zero-order valence-corrected chi connectivity index (χ0v) is 13.8. The minimum Gasteiger partial charge on any atom is -0.481 e. The van der Waals surface area contributed by atoms with Gasteiger partial charge in [0, 0.05) is 18.9 Å². The van der Waals surface area contributed by atoms with Crippen LogP contribution in [-0.2, 0) is 16.0 Å². The number of carbonyl (C=O) groups excluding carboxylic acids is 1. The SMILES string of the molecule is CC(C)(C)OC(=O)NCC(Cc1ccncc1)(C(=O)O)C1CC1. The molecule has 1 aromatic heterocycles. The zero-order chi connectivity index (χ0) is 17.1. The highest BCUT2D eigenvalue weighted by Crippen LogP contribution is 2.47. The molecule has 1 atom stereocenters. The van der Waals surface area contributed by atoms with Crippen LogP contribution in [0, 0.1) is 11.3 Å². The van der Waals surface area contributed by atoms with E-state index in [0.29, 0.717) is 6.42 Å². The van der Waals surface area contributed by atoms with Gasteiger partial charge in [0.2, 0.25) is 0 Å². The number of carbonyl (C=O) groups is 2. The third-order valence-electron chi connectivity index (χ3n) is 4.00. The summed E-state index contributed by atoms with van der Waals surface area (Å²) in [7, 11) is 0. The Morgan fingerprint density at radius 3 is 2.39 bits per heavy atom. The van der Waals surface area contributed by atoms with Gasteiger partial charge < -0.3 is 15.2 Å². The Kier molecular flexibility index (Phi) is 4.92. The quantitative estimate of drug-likeness (QED) is 0.841. The number of aromatic nitrogens is 1. The summed E-state index contributed by atoms with van der Waals surface area (Å²) in [4.78, 5) is 27.8. The topological polar surface area (TPSA) is 88.5 Å². The number of rotatable bonds is 6. The highest BCUT2D eigenvalue weighted by Gasteiger charge is 2.51. The normalized spacial score (nSPS) is 17.2. The number of alkyl carbamates (subject to hydrolysis) is 1. The zero-order valence-electron chi connectivity index (χ0n) is 13.8. The van der Waals surface area contributed by atoms with Gasteiger partial charge in [0.25, 0.3) is 0 Å². The summed E-state index contributed by atoms with van der Waals surface area (Å²) in [5.74, 6) is -0.809. The highest BCUT2D eigenvalue weighted by atomic mass is 16.6. The van der Waals surface area contributed by atoms with Crippen LogP contribution in [0.2, 0.25) is 0 Å². The van der Waals surface area contributed by atoms with Crippen LogP contribution in [-0.4, -0.2) is 34.3 Å². The van der Waals surface area contributed by atoms with Gasteiger partial charge in [-0.25, -0.2) is 4.79 Å². The number of amides is 1. The maximum absolute atomic E-state index is 12.0. The van der Waals surface area contributed by atoms with E-state index in [9.17, 15) is 14.7 Å². The largest absolute Gasteiger partial charge is 0.481 e. The summed E-state index contributed by atoms with van der Waals surface area (Å²) >= 11 is 0. The molecule has 1 fully saturated rings. The molecule has 1 unspecified atom stereocenters. The summed E-state index contributed by atoms with van der Waals surface area (Å²) in [5, 5.41) is 12.5. The molecule has 2 N–H and O–H groups in total. The summed E-state index contributed by atoms with van der Waals surface area (Å²) in [6, 6.07) is 3.63. The standard InChI is InChI=1S/C17H24N2O4/c1-16(2,3)23-15(22)19-11-17(14(20)21,13-4-5-13)10-12-6-8-18-9-7-12/h6-9,13H,4-5,10-11H2,1-3H3,(H,19,22)(H,20,21). The average molecular weight is 320 g/mol. The summed E-state index contributed by atoms with van der Waals surface area (Å²) in [5.41, 5.74) is -0.709. The van der Waals surface area contributed by atoms with Crippen molar-refractivity contribution in [2.24, 2.45) is 11.3 Å². The van der Waals surface area contributed by atoms with E-state index >= 15 is 0 Å². The number of carboxylic acid groups (broad SMARTS) is 1. The van der Waals surface area contributed by atoms with E-state index < -0.39 is 23.1 Å². The van der Waals surface area contributed by atoms with Crippen LogP contribution in [0.25, 0.3) is 0 Å². The van der Waals surface area contributed by atoms with Crippen molar-refractivity contribution in [3.05, 3.63) is 30.1 Å². The van der Waals surface area contributed by atoms with Crippen molar-refractivity contribution in [2.75, 3.05) is 6.54 Å². The van der Waals surface area contributed by atoms with E-state index in [0.717, 1.165) is 18.4 Å². The minimum absolute atomic E-state index is 0.0598. The molecule has 0 saturated heterocycles. The van der Waals surface area contributed by atoms with Crippen molar-refractivity contribution in [3.8, 4) is 0 Å². The van der Waals surface area contributed by atoms with Crippen molar-refractivity contribution < 1.29 is 19.4 Å². The first kappa shape index (κ1) is 17.2. The Bertz CT molecular complexity index is 564. The number of hydrogen-bond donors (Lipinski definition) is 2. The molecule has 1 amide bonds. The van der Waals surface area contributed by atoms with Gasteiger partial charge in [-0.15, -0.1) is 0 Å². The van der Waals surface area contributed by atoms with E-state index in [-0.39, 0.29) is 12.5 Å². The molecule has 6 nitrogen and oxygen atoms in total. The monoisotopic (exact) mass is 320 g/mol. The van der Waals surface area contributed by atoms with Crippen LogP contribution >= 0.6 is 0 Å². The van der Waals surface area contributed by atoms with Gasteiger partial charge in [0.05, 0.1) is 5.41 Å². The maximum atomic E-state index is 12.0. The molecule has 1 aromatic rings. The third-order valence-corrected chi connectivity index (χ3v) is 4.00. The Morgan fingerprint density at radius 1 is 1.30 bits per heavy atom. The molecule has 1 saturated carbocycles. The molecule has 0 aliphatic heterocycles. The average Bonchev–Trinajstić information content (AvgIpc) is 3.27. The lowest BCUT2D eigenvalue weighted by molar-refractivity contribution is -0.150. The van der Waals surface area contributed by atoms with E-state index in [2.05, 4.69) is 10.3 Å². The second kappa shape index (κ2) is 6.56. The van der Waals surface area contributed by atoms with Crippen LogP contribution in [0.1, 0.15) is 39.2 Å². The van der Waals surface area contributed by atoms with Crippen LogP contribution in [0.5, 0.6) is 0 Å². The molecule has 23 heavy (non-hydrogen) atoms. The van der Waals surface area contributed by atoms with Gasteiger partial charge in [-0.2, -0.15) is 0 Å². The number of pyridine rings is 1. The fourth-order valence-corrected chi connectivity index (χ4v) is 2.72. The van der Waals surface area contributed by atoms with Crippen molar-refractivity contribution in [2.45, 2.75) is 45.6 Å². The van der Waals surface area contributed by atoms with Crippen LogP contribution in [0.4, 0.5) is 4.79 Å². The molecule has 1 aliphatic carbocycles. The summed E-state index contributed by atoms with van der Waals surface area (Å²) in [6.07, 6.45) is 4.82. The smallest absolute Gasteiger partial charge is 0.407 e. The Balaban J connectivity index is 2.11. The maximum Gasteiger partial charge on any atom is 0.407 e. The molecule has 2 rings (SSSR count). The van der Waals surface area contributed by atoms with Crippen molar-refractivity contribution >= 4 is 12.1 Å². The van der Waals surface area contributed by atoms with Gasteiger partial charge in [0.1, 0.15) is 5.60 Å². The number of nitrogens with zero attached hydrogens (tertiary/aromatic N) is 1. The van der Waals surface area contributed by atoms with Crippen LogP contribution in [0.3, 0.4) is 0 Å². The van der Waals surface area contributed by atoms with Gasteiger partial charge in [-0.3, -0.25) is 9.78 Å². The molecule has 1 aliphatic rings. The first-order chi connectivity index (χ1) is 10.7. The van der Waals surface area contributed by atoms with E-state index in [1.165, 1.54) is 0 Å². The minimum atomic E-state index is -1.00. The van der Waals surface area contributed by atoms with Gasteiger partial charge in [0.15, 0.2) is 0 Å². The third kappa shape index (κ3) is 4.68. The molecule has 6 heteroatoms. The molecule has 0 radical (unpaired) electrons. The summed E-state index contributed by atoms with van der Waals surface area (Å²) in [6.45, 7) is 5.38. The lowest BCUT2D eigenvalue weighted by Crippen LogP contribution is -2.47. The summed E-state index contributed by atoms with van der Waals surface area (Å²) < 4.78 is 5.21. The molecule has 1 heterocycles. The highest BCUT2D eigenvalue weighted by molar-refractivity contribution is 5.78. The van der Waals surface area contributed by atoms with Crippen molar-refractivity contribution in [1.29, 1.82) is 0 Å². The number of nitrogens with one attached hydrogen (secondary N) is 1. The molecule has 0 aromatic carbocycles. The van der Waals surface area contributed by atoms with E-state index in [4.69, 9.17) is 4.74 Å². The fraction of sp³-hybridized carbons (Fsp3) is 0.588. The second-order valence-electron chi connectivity index (χ2n) is 7.12. The van der Waals surface area contributed by atoms with Crippen LogP contribution < -0.4 is 5.32 Å². The number of hydrogen-bond acceptors (Lipinski definition) is 4. The van der Waals surface area contributed by atoms with Crippen molar-refractivity contribution in [3.63, 3.8) is 0 Å². The Hall–Kier alpha value is -2.11. The van der Waals surface area contributed by atoms with Crippen molar-refractivity contribution in [1.82, 2.24) is 10.3 Å². The number of aliphatic carboxylic acids is 1. The first-order valence-electron chi connectivity index (χ1n) is 7.82. The lowest BCUT2D eigenvalue weighted by atomic mass is 9.77. The number of carboxylic acids is 1. The van der Waals surface area contributed by atoms with Gasteiger partial charge >= 0.3 is 12.1 Å². The fourth-order valence-electron chi connectivity index (χ4n) is 2.72. The molecule has 0 bridgehead atoms. The van der Waals surface area contributed by atoms with Crippen LogP contribution in [0.15, 0.2) is 24.5 Å². The predicted octanol–water partition coefficient (Wildman–Crippen LogP) is 2.63. The molecular weight excluding hydrogens is 296 g/mol. The van der Waals surface area contributed by atoms with Gasteiger partial charge in [-0.1, -0.05) is 0 Å². The van der Waals surface area contributed by atoms with E-state index in [1.807, 2.05) is 12.1 Å². The second-order valence-corrected chi connectivity index (χ2v) is 7.12. The van der Waals surface area contributed by atoms with E-state index in [1.54, 1.807) is 33.2 Å². The Labute approximate surface area is 136 Å². The molecule has 0 spiro atoms. The predicted molar refractivity (Wildman–Crippen MR) is 85.0 cm³/mol. The lowest BCUT2D eigenvalue weighted by Gasteiger charge is -2.30. The first-order valence-corrected chi connectivity index (χ1v) is 7.82. The number of ether oxygens (including phenoxy) is 1. The van der Waals surface area contributed by atoms with Gasteiger partial charge in [-0.05, 0) is 63.6 Å². The molecule has 126 valence electrons.